The molecule has 1 heterocycles. The van der Waals surface area contributed by atoms with Gasteiger partial charge in [-0.15, -0.1) is 0 Å². The standard InChI is InChI=1S/C13H13BrClNO2S/c1-8(17)19-7-9-4-13(18)16(6-9)10-2-3-11(14)12(15)5-10/h2-3,5,9H,4,6-7H2,1H3. The number of amides is 1. The first kappa shape index (κ1) is 14.9. The Morgan fingerprint density at radius 3 is 2.95 bits per heavy atom. The molecule has 19 heavy (non-hydrogen) atoms. The maximum absolute atomic E-state index is 12.0. The number of halogens is 2. The molecule has 1 amide bonds. The molecule has 1 aromatic rings. The Morgan fingerprint density at radius 1 is 1.58 bits per heavy atom. The van der Waals surface area contributed by atoms with Gasteiger partial charge in [0.1, 0.15) is 0 Å². The highest BCUT2D eigenvalue weighted by atomic mass is 79.9. The smallest absolute Gasteiger partial charge is 0.227 e. The monoisotopic (exact) mass is 361 g/mol. The van der Waals surface area contributed by atoms with Gasteiger partial charge in [0.2, 0.25) is 5.91 Å². The van der Waals surface area contributed by atoms with Gasteiger partial charge in [0.05, 0.1) is 5.02 Å². The van der Waals surface area contributed by atoms with E-state index in [1.807, 2.05) is 12.1 Å². The Hall–Kier alpha value is -0.520. The fourth-order valence-electron chi connectivity index (χ4n) is 2.03. The molecule has 0 bridgehead atoms. The van der Waals surface area contributed by atoms with Crippen LogP contribution in [-0.4, -0.2) is 23.3 Å². The van der Waals surface area contributed by atoms with E-state index in [9.17, 15) is 9.59 Å². The lowest BCUT2D eigenvalue weighted by molar-refractivity contribution is -0.117. The molecule has 1 fully saturated rings. The predicted octanol–water partition coefficient (Wildman–Crippen LogP) is 3.74. The predicted molar refractivity (Wildman–Crippen MR) is 82.8 cm³/mol. The molecule has 1 saturated heterocycles. The van der Waals surface area contributed by atoms with Gasteiger partial charge >= 0.3 is 0 Å². The zero-order valence-corrected chi connectivity index (χ0v) is 13.5. The van der Waals surface area contributed by atoms with Crippen LogP contribution in [0, 0.1) is 5.92 Å². The summed E-state index contributed by atoms with van der Waals surface area (Å²) < 4.78 is 0.813. The van der Waals surface area contributed by atoms with Gasteiger partial charge in [0, 0.05) is 35.8 Å². The molecule has 0 N–H and O–H groups in total. The van der Waals surface area contributed by atoms with E-state index in [2.05, 4.69) is 15.9 Å². The maximum atomic E-state index is 12.0. The van der Waals surface area contributed by atoms with Crippen LogP contribution in [0.15, 0.2) is 22.7 Å². The van der Waals surface area contributed by atoms with E-state index in [1.165, 1.54) is 11.8 Å². The topological polar surface area (TPSA) is 37.4 Å². The van der Waals surface area contributed by atoms with Gasteiger partial charge in [0.15, 0.2) is 5.12 Å². The second kappa shape index (κ2) is 6.29. The molecule has 0 saturated carbocycles. The second-order valence-electron chi connectivity index (χ2n) is 4.48. The molecule has 0 radical (unpaired) electrons. The van der Waals surface area contributed by atoms with Crippen molar-refractivity contribution < 1.29 is 9.59 Å². The van der Waals surface area contributed by atoms with Crippen molar-refractivity contribution in [2.24, 2.45) is 5.92 Å². The zero-order valence-electron chi connectivity index (χ0n) is 10.4. The molecule has 1 aromatic carbocycles. The number of carbonyl (C=O) groups excluding carboxylic acids is 2. The summed E-state index contributed by atoms with van der Waals surface area (Å²) in [6.07, 6.45) is 0.494. The van der Waals surface area contributed by atoms with Crippen molar-refractivity contribution in [3.63, 3.8) is 0 Å². The van der Waals surface area contributed by atoms with Gasteiger partial charge in [-0.05, 0) is 40.0 Å². The molecule has 1 aliphatic rings. The van der Waals surface area contributed by atoms with E-state index in [-0.39, 0.29) is 16.9 Å². The Bertz CT molecular complexity index is 523. The minimum Gasteiger partial charge on any atom is -0.312 e. The molecule has 6 heteroatoms. The summed E-state index contributed by atoms with van der Waals surface area (Å²) in [6, 6.07) is 5.49. The number of benzene rings is 1. The zero-order chi connectivity index (χ0) is 14.0. The Labute approximate surface area is 129 Å². The molecule has 0 aromatic heterocycles. The maximum Gasteiger partial charge on any atom is 0.227 e. The first-order chi connectivity index (χ1) is 8.97. The van der Waals surface area contributed by atoms with E-state index >= 15 is 0 Å². The molecule has 1 aliphatic heterocycles. The molecular formula is C13H13BrClNO2S. The van der Waals surface area contributed by atoms with Crippen LogP contribution in [0.25, 0.3) is 0 Å². The largest absolute Gasteiger partial charge is 0.312 e. The van der Waals surface area contributed by atoms with Crippen LogP contribution in [-0.2, 0) is 9.59 Å². The number of anilines is 1. The van der Waals surface area contributed by atoms with Crippen molar-refractivity contribution in [3.8, 4) is 0 Å². The van der Waals surface area contributed by atoms with Crippen LogP contribution < -0.4 is 4.90 Å². The van der Waals surface area contributed by atoms with Gasteiger partial charge in [-0.2, -0.15) is 0 Å². The average molecular weight is 363 g/mol. The van der Waals surface area contributed by atoms with E-state index in [1.54, 1.807) is 17.9 Å². The number of hydrogen-bond donors (Lipinski definition) is 0. The molecule has 2 rings (SSSR count). The Balaban J connectivity index is 2.07. The minimum absolute atomic E-state index is 0.0903. The second-order valence-corrected chi connectivity index (χ2v) is 6.93. The van der Waals surface area contributed by atoms with Crippen LogP contribution in [0.2, 0.25) is 5.02 Å². The minimum atomic E-state index is 0.0903. The molecule has 0 aliphatic carbocycles. The third kappa shape index (κ3) is 3.74. The molecule has 0 spiro atoms. The van der Waals surface area contributed by atoms with Gasteiger partial charge < -0.3 is 4.90 Å². The summed E-state index contributed by atoms with van der Waals surface area (Å²) in [7, 11) is 0. The SMILES string of the molecule is CC(=O)SCC1CC(=O)N(c2ccc(Br)c(Cl)c2)C1. The normalized spacial score (nSPS) is 19.0. The molecule has 102 valence electrons. The number of nitrogens with zero attached hydrogens (tertiary/aromatic N) is 1. The van der Waals surface area contributed by atoms with Gasteiger partial charge in [0.25, 0.3) is 0 Å². The highest BCUT2D eigenvalue weighted by Gasteiger charge is 2.30. The van der Waals surface area contributed by atoms with Crippen molar-refractivity contribution in [1.29, 1.82) is 0 Å². The van der Waals surface area contributed by atoms with Crippen LogP contribution in [0.1, 0.15) is 13.3 Å². The number of hydrogen-bond acceptors (Lipinski definition) is 3. The third-order valence-corrected chi connectivity index (χ3v) is 5.22. The number of thioether (sulfide) groups is 1. The van der Waals surface area contributed by atoms with Crippen molar-refractivity contribution in [1.82, 2.24) is 0 Å². The van der Waals surface area contributed by atoms with Crippen molar-refractivity contribution in [3.05, 3.63) is 27.7 Å². The van der Waals surface area contributed by atoms with Crippen molar-refractivity contribution in [2.75, 3.05) is 17.2 Å². The van der Waals surface area contributed by atoms with Gasteiger partial charge in [-0.1, -0.05) is 23.4 Å². The highest BCUT2D eigenvalue weighted by Crippen LogP contribution is 2.32. The molecule has 1 atom stereocenters. The lowest BCUT2D eigenvalue weighted by Crippen LogP contribution is -2.24. The van der Waals surface area contributed by atoms with Gasteiger partial charge in [-0.25, -0.2) is 0 Å². The first-order valence-corrected chi connectivity index (χ1v) is 8.02. The van der Waals surface area contributed by atoms with Crippen molar-refractivity contribution >= 4 is 56.0 Å². The van der Waals surface area contributed by atoms with Gasteiger partial charge in [-0.3, -0.25) is 9.59 Å². The van der Waals surface area contributed by atoms with E-state index in [0.717, 1.165) is 10.2 Å². The number of carbonyl (C=O) groups is 2. The average Bonchev–Trinajstić information content (AvgIpc) is 2.72. The first-order valence-electron chi connectivity index (χ1n) is 5.86. The molecule has 1 unspecified atom stereocenters. The summed E-state index contributed by atoms with van der Waals surface area (Å²) in [4.78, 5) is 24.7. The summed E-state index contributed by atoms with van der Waals surface area (Å²) in [5.74, 6) is 1.01. The summed E-state index contributed by atoms with van der Waals surface area (Å²) in [5.41, 5.74) is 0.813. The fourth-order valence-corrected chi connectivity index (χ4v) is 3.15. The van der Waals surface area contributed by atoms with Crippen LogP contribution >= 0.6 is 39.3 Å². The van der Waals surface area contributed by atoms with Crippen LogP contribution in [0.4, 0.5) is 5.69 Å². The Morgan fingerprint density at radius 2 is 2.32 bits per heavy atom. The van der Waals surface area contributed by atoms with E-state index < -0.39 is 0 Å². The lowest BCUT2D eigenvalue weighted by Gasteiger charge is -2.17. The quantitative estimate of drug-likeness (QED) is 0.822. The fraction of sp³-hybridized carbons (Fsp3) is 0.385. The van der Waals surface area contributed by atoms with Crippen molar-refractivity contribution in [2.45, 2.75) is 13.3 Å². The van der Waals surface area contributed by atoms with Crippen LogP contribution in [0.3, 0.4) is 0 Å². The summed E-state index contributed by atoms with van der Waals surface area (Å²) in [6.45, 7) is 2.20. The molecular weight excluding hydrogens is 350 g/mol. The highest BCUT2D eigenvalue weighted by molar-refractivity contribution is 9.10. The summed E-state index contributed by atoms with van der Waals surface area (Å²) in [5, 5.41) is 0.685. The van der Waals surface area contributed by atoms with E-state index in [0.29, 0.717) is 23.7 Å². The van der Waals surface area contributed by atoms with E-state index in [4.69, 9.17) is 11.6 Å². The lowest BCUT2D eigenvalue weighted by atomic mass is 10.1. The molecule has 3 nitrogen and oxygen atoms in total. The number of rotatable bonds is 3. The Kier molecular flexibility index (Phi) is 4.92. The third-order valence-electron chi connectivity index (χ3n) is 2.94. The summed E-state index contributed by atoms with van der Waals surface area (Å²) >= 11 is 10.7. The van der Waals surface area contributed by atoms with Crippen LogP contribution in [0.5, 0.6) is 0 Å².